The molecule has 1 N–H and O–H groups in total. The number of nitrogens with zero attached hydrogens (tertiary/aromatic N) is 1. The van der Waals surface area contributed by atoms with E-state index in [1.54, 1.807) is 24.3 Å². The highest BCUT2D eigenvalue weighted by Gasteiger charge is 2.71. The van der Waals surface area contributed by atoms with Crippen molar-refractivity contribution in [2.45, 2.75) is 41.4 Å². The molecule has 0 saturated heterocycles. The highest BCUT2D eigenvalue weighted by atomic mass is 32.2. The number of benzene rings is 2. The van der Waals surface area contributed by atoms with Crippen molar-refractivity contribution in [1.82, 2.24) is 0 Å². The molecule has 182 valence electrons. The number of aliphatic hydroxyl groups is 1. The van der Waals surface area contributed by atoms with Gasteiger partial charge in [-0.05, 0) is 36.8 Å². The molecule has 0 spiro atoms. The number of carbonyl (C=O) groups excluding carboxylic acids is 1. The number of anilines is 1. The monoisotopic (exact) mass is 503 g/mol. The molecule has 1 amide bonds. The predicted octanol–water partition coefficient (Wildman–Crippen LogP) is 5.08. The van der Waals surface area contributed by atoms with Crippen molar-refractivity contribution in [3.8, 4) is 17.6 Å². The molecule has 1 atom stereocenters. The lowest BCUT2D eigenvalue weighted by Gasteiger charge is -2.36. The topological polar surface area (TPSA) is 49.8 Å². The molecule has 2 aromatic carbocycles. The Labute approximate surface area is 195 Å². The first kappa shape index (κ1) is 25.8. The van der Waals surface area contributed by atoms with Gasteiger partial charge in [0.15, 0.2) is 0 Å². The maximum absolute atomic E-state index is 13.4. The number of fused-ring (bicyclic) bond motifs is 1. The van der Waals surface area contributed by atoms with Gasteiger partial charge in [0.2, 0.25) is 5.91 Å². The smallest absolute Gasteiger partial charge is 0.430 e. The number of methoxy groups -OCH3 is 1. The fourth-order valence-corrected chi connectivity index (χ4v) is 4.72. The first-order valence-electron chi connectivity index (χ1n) is 9.84. The Morgan fingerprint density at radius 3 is 2.41 bits per heavy atom. The molecule has 1 unspecified atom stereocenters. The van der Waals surface area contributed by atoms with E-state index in [1.807, 2.05) is 0 Å². The second kappa shape index (κ2) is 9.43. The SMILES string of the molecule is CC#CC1CN(C(=O)Cc2cccc(OC)c2)c2ccc(C(O)(C(F)(F)F)C(F)(F)F)cc2S1. The Bertz CT molecular complexity index is 1120. The summed E-state index contributed by atoms with van der Waals surface area (Å²) in [5, 5.41) is 9.18. The summed E-state index contributed by atoms with van der Waals surface area (Å²) in [4.78, 5) is 14.4. The molecule has 1 heterocycles. The second-order valence-electron chi connectivity index (χ2n) is 7.42. The fourth-order valence-electron chi connectivity index (χ4n) is 3.52. The minimum Gasteiger partial charge on any atom is -0.497 e. The van der Waals surface area contributed by atoms with Crippen molar-refractivity contribution in [3.63, 3.8) is 0 Å². The van der Waals surface area contributed by atoms with Gasteiger partial charge in [0, 0.05) is 17.0 Å². The molecule has 0 radical (unpaired) electrons. The Kier molecular flexibility index (Phi) is 7.15. The van der Waals surface area contributed by atoms with E-state index < -0.39 is 34.7 Å². The molecule has 0 bridgehead atoms. The number of thioether (sulfide) groups is 1. The van der Waals surface area contributed by atoms with Gasteiger partial charge in [0.1, 0.15) is 5.75 Å². The number of ether oxygens (including phenoxy) is 1. The lowest BCUT2D eigenvalue weighted by Crippen LogP contribution is -2.54. The molecule has 0 aromatic heterocycles. The third-order valence-corrected chi connectivity index (χ3v) is 6.33. The number of rotatable bonds is 4. The van der Waals surface area contributed by atoms with E-state index in [9.17, 15) is 36.2 Å². The van der Waals surface area contributed by atoms with Crippen LogP contribution in [0.3, 0.4) is 0 Å². The predicted molar refractivity (Wildman–Crippen MR) is 115 cm³/mol. The molecular weight excluding hydrogens is 484 g/mol. The normalized spacial score (nSPS) is 16.4. The quantitative estimate of drug-likeness (QED) is 0.467. The second-order valence-corrected chi connectivity index (χ2v) is 8.67. The number of hydrogen-bond acceptors (Lipinski definition) is 4. The van der Waals surface area contributed by atoms with E-state index in [0.717, 1.165) is 17.8 Å². The minimum absolute atomic E-state index is 0.0255. The third-order valence-electron chi connectivity index (χ3n) is 5.20. The van der Waals surface area contributed by atoms with Gasteiger partial charge in [0.05, 0.1) is 24.5 Å². The van der Waals surface area contributed by atoms with E-state index in [1.165, 1.54) is 18.9 Å². The molecule has 11 heteroatoms. The number of carbonyl (C=O) groups is 1. The van der Waals surface area contributed by atoms with Gasteiger partial charge in [0.25, 0.3) is 5.60 Å². The van der Waals surface area contributed by atoms with Crippen LogP contribution in [-0.2, 0) is 16.8 Å². The van der Waals surface area contributed by atoms with E-state index in [-0.39, 0.29) is 23.5 Å². The molecular formula is C23H19F6NO3S. The van der Waals surface area contributed by atoms with Gasteiger partial charge >= 0.3 is 12.4 Å². The van der Waals surface area contributed by atoms with Crippen LogP contribution in [0.25, 0.3) is 0 Å². The van der Waals surface area contributed by atoms with Crippen LogP contribution >= 0.6 is 11.8 Å². The number of halogens is 6. The first-order chi connectivity index (χ1) is 15.8. The Morgan fingerprint density at radius 2 is 1.82 bits per heavy atom. The summed E-state index contributed by atoms with van der Waals surface area (Å²) in [5.41, 5.74) is -5.69. The molecule has 2 aromatic rings. The maximum atomic E-state index is 13.4. The maximum Gasteiger partial charge on any atom is 0.430 e. The summed E-state index contributed by atoms with van der Waals surface area (Å²) in [6.45, 7) is 1.62. The van der Waals surface area contributed by atoms with Crippen molar-refractivity contribution in [3.05, 3.63) is 53.6 Å². The van der Waals surface area contributed by atoms with Crippen LogP contribution in [0.5, 0.6) is 5.75 Å². The molecule has 1 aliphatic heterocycles. The summed E-state index contributed by atoms with van der Waals surface area (Å²) in [6, 6.07) is 8.87. The van der Waals surface area contributed by atoms with Crippen LogP contribution in [-0.4, -0.2) is 42.3 Å². The van der Waals surface area contributed by atoms with Crippen molar-refractivity contribution in [1.29, 1.82) is 0 Å². The zero-order chi connectivity index (χ0) is 25.3. The third kappa shape index (κ3) is 4.83. The van der Waals surface area contributed by atoms with Crippen LogP contribution in [0.2, 0.25) is 0 Å². The largest absolute Gasteiger partial charge is 0.497 e. The highest BCUT2D eigenvalue weighted by Crippen LogP contribution is 2.52. The Balaban J connectivity index is 2.04. The minimum atomic E-state index is -6.01. The van der Waals surface area contributed by atoms with Crippen molar-refractivity contribution < 1.29 is 41.0 Å². The van der Waals surface area contributed by atoms with Crippen molar-refractivity contribution in [2.24, 2.45) is 0 Å². The average Bonchev–Trinajstić information content (AvgIpc) is 2.76. The van der Waals surface area contributed by atoms with Gasteiger partial charge in [-0.25, -0.2) is 0 Å². The number of amides is 1. The van der Waals surface area contributed by atoms with Gasteiger partial charge in [-0.15, -0.1) is 17.7 Å². The van der Waals surface area contributed by atoms with Crippen LogP contribution in [0.15, 0.2) is 47.4 Å². The van der Waals surface area contributed by atoms with Crippen LogP contribution in [0.4, 0.5) is 32.0 Å². The Morgan fingerprint density at radius 1 is 1.15 bits per heavy atom. The van der Waals surface area contributed by atoms with E-state index in [2.05, 4.69) is 11.8 Å². The molecule has 1 aliphatic rings. The molecule has 0 saturated carbocycles. The average molecular weight is 503 g/mol. The van der Waals surface area contributed by atoms with Gasteiger partial charge in [-0.3, -0.25) is 4.79 Å². The summed E-state index contributed by atoms with van der Waals surface area (Å²) in [5.74, 6) is 5.56. The first-order valence-corrected chi connectivity index (χ1v) is 10.7. The van der Waals surface area contributed by atoms with Crippen molar-refractivity contribution >= 4 is 23.4 Å². The van der Waals surface area contributed by atoms with Crippen molar-refractivity contribution in [2.75, 3.05) is 18.6 Å². The van der Waals surface area contributed by atoms with Crippen LogP contribution in [0, 0.1) is 11.8 Å². The molecule has 0 aliphatic carbocycles. The summed E-state index contributed by atoms with van der Waals surface area (Å²) < 4.78 is 85.2. The summed E-state index contributed by atoms with van der Waals surface area (Å²) in [6.07, 6.45) is -12.1. The number of alkyl halides is 6. The summed E-state index contributed by atoms with van der Waals surface area (Å²) in [7, 11) is 1.47. The zero-order valence-electron chi connectivity index (χ0n) is 17.9. The van der Waals surface area contributed by atoms with Gasteiger partial charge < -0.3 is 14.7 Å². The van der Waals surface area contributed by atoms with E-state index in [4.69, 9.17) is 4.74 Å². The molecule has 34 heavy (non-hydrogen) atoms. The lowest BCUT2D eigenvalue weighted by molar-refractivity contribution is -0.376. The summed E-state index contributed by atoms with van der Waals surface area (Å²) >= 11 is 0.933. The van der Waals surface area contributed by atoms with E-state index >= 15 is 0 Å². The van der Waals surface area contributed by atoms with Crippen LogP contribution in [0.1, 0.15) is 18.1 Å². The van der Waals surface area contributed by atoms with Gasteiger partial charge in [-0.1, -0.05) is 24.1 Å². The molecule has 4 nitrogen and oxygen atoms in total. The number of hydrogen-bond donors (Lipinski definition) is 1. The van der Waals surface area contributed by atoms with Gasteiger partial charge in [-0.2, -0.15) is 26.3 Å². The standard InChI is InChI=1S/C23H19F6NO3S/c1-3-5-17-13-30(20(31)11-14-6-4-7-16(10-14)33-2)18-9-8-15(12-19(18)34-17)21(32,22(24,25)26)23(27,28)29/h4,6-10,12,17,32H,11,13H2,1-2H3. The van der Waals surface area contributed by atoms with E-state index in [0.29, 0.717) is 23.4 Å². The van der Waals surface area contributed by atoms with Crippen LogP contribution < -0.4 is 9.64 Å². The Hall–Kier alpha value is -2.84. The molecule has 3 rings (SSSR count). The fraction of sp³-hybridized carbons (Fsp3) is 0.348. The zero-order valence-corrected chi connectivity index (χ0v) is 18.7. The lowest BCUT2D eigenvalue weighted by atomic mass is 9.92. The highest BCUT2D eigenvalue weighted by molar-refractivity contribution is 8.00. The molecule has 0 fully saturated rings.